The predicted molar refractivity (Wildman–Crippen MR) is 136 cm³/mol. The number of Topliss-reactive ketones (excluding diaryl/α,β-unsaturated/α-hetero) is 1. The van der Waals surface area contributed by atoms with Crippen LogP contribution in [0, 0.1) is 11.8 Å². The molecule has 0 spiro atoms. The van der Waals surface area contributed by atoms with Crippen molar-refractivity contribution in [2.45, 2.75) is 12.1 Å². The summed E-state index contributed by atoms with van der Waals surface area (Å²) in [6.07, 6.45) is 3.94. The van der Waals surface area contributed by atoms with Crippen molar-refractivity contribution in [1.29, 1.82) is 0 Å². The number of benzene rings is 3. The lowest BCUT2D eigenvalue weighted by molar-refractivity contribution is -0.122. The smallest absolute Gasteiger partial charge is 0.240 e. The van der Waals surface area contributed by atoms with E-state index in [0.29, 0.717) is 17.0 Å². The number of carbonyl (C=O) groups is 3. The molecular weight excluding hydrogens is 508 g/mol. The summed E-state index contributed by atoms with van der Waals surface area (Å²) in [5.74, 6) is -1.61. The number of halogens is 1. The quantitative estimate of drug-likeness (QED) is 0.361. The number of nitrogens with zero attached hydrogens (tertiary/aromatic N) is 2. The first-order valence-electron chi connectivity index (χ1n) is 11.4. The third kappa shape index (κ3) is 3.26. The zero-order valence-corrected chi connectivity index (χ0v) is 20.4. The van der Waals surface area contributed by atoms with Crippen LogP contribution in [-0.4, -0.2) is 36.8 Å². The normalized spacial score (nSPS) is 24.3. The molecule has 0 saturated carbocycles. The summed E-state index contributed by atoms with van der Waals surface area (Å²) in [5.41, 5.74) is 2.82. The number of ketones is 1. The van der Waals surface area contributed by atoms with Gasteiger partial charge in [-0.2, -0.15) is 0 Å². The predicted octanol–water partition coefficient (Wildman–Crippen LogP) is 4.73. The standard InChI is InChI=1S/C28H21BrN2O4/c1-35-20-13-11-19(12-14-20)30-27(33)23-22-15-8-16-4-2-3-5-21(16)31(22)25(24(23)28(30)34)26(32)17-6-9-18(29)10-7-17/h2-15,22-25H,1H3/t22-,23-,24-,25+/m0/s1. The minimum absolute atomic E-state index is 0.169. The topological polar surface area (TPSA) is 66.9 Å². The first kappa shape index (κ1) is 21.8. The molecule has 3 aromatic rings. The number of para-hydroxylation sites is 1. The number of amides is 2. The summed E-state index contributed by atoms with van der Waals surface area (Å²) in [5, 5.41) is 0. The lowest BCUT2D eigenvalue weighted by Gasteiger charge is -2.36. The molecule has 0 bridgehead atoms. The molecule has 6 rings (SSSR count). The highest BCUT2D eigenvalue weighted by molar-refractivity contribution is 9.10. The Morgan fingerprint density at radius 3 is 2.29 bits per heavy atom. The van der Waals surface area contributed by atoms with Gasteiger partial charge in [0, 0.05) is 15.7 Å². The van der Waals surface area contributed by atoms with Crippen LogP contribution >= 0.6 is 15.9 Å². The molecule has 0 N–H and O–H groups in total. The van der Waals surface area contributed by atoms with Crippen LogP contribution < -0.4 is 14.5 Å². The van der Waals surface area contributed by atoms with Gasteiger partial charge in [0.15, 0.2) is 5.78 Å². The van der Waals surface area contributed by atoms with Gasteiger partial charge in [0.05, 0.1) is 30.7 Å². The maximum absolute atomic E-state index is 14.0. The average Bonchev–Trinajstić information content (AvgIpc) is 3.37. The second-order valence-electron chi connectivity index (χ2n) is 8.89. The maximum Gasteiger partial charge on any atom is 0.240 e. The second kappa shape index (κ2) is 8.20. The van der Waals surface area contributed by atoms with E-state index in [1.807, 2.05) is 53.5 Å². The van der Waals surface area contributed by atoms with Crippen LogP contribution in [-0.2, 0) is 9.59 Å². The summed E-state index contributed by atoms with van der Waals surface area (Å²) in [6, 6.07) is 20.6. The van der Waals surface area contributed by atoms with E-state index in [0.717, 1.165) is 15.7 Å². The van der Waals surface area contributed by atoms with E-state index in [1.54, 1.807) is 43.5 Å². The van der Waals surface area contributed by atoms with Crippen LogP contribution in [0.3, 0.4) is 0 Å². The number of carbonyl (C=O) groups excluding carboxylic acids is 3. The summed E-state index contributed by atoms with van der Waals surface area (Å²) in [7, 11) is 1.56. The Morgan fingerprint density at radius 1 is 0.886 bits per heavy atom. The Morgan fingerprint density at radius 2 is 1.57 bits per heavy atom. The van der Waals surface area contributed by atoms with E-state index in [2.05, 4.69) is 15.9 Å². The molecule has 35 heavy (non-hydrogen) atoms. The molecule has 0 aromatic heterocycles. The van der Waals surface area contributed by atoms with E-state index >= 15 is 0 Å². The zero-order chi connectivity index (χ0) is 24.3. The largest absolute Gasteiger partial charge is 0.497 e. The van der Waals surface area contributed by atoms with Crippen LogP contribution in [0.1, 0.15) is 15.9 Å². The molecule has 6 nitrogen and oxygen atoms in total. The first-order chi connectivity index (χ1) is 17.0. The number of hydrogen-bond acceptors (Lipinski definition) is 5. The molecule has 0 radical (unpaired) electrons. The van der Waals surface area contributed by atoms with Gasteiger partial charge in [-0.15, -0.1) is 0 Å². The van der Waals surface area contributed by atoms with Crippen molar-refractivity contribution in [3.63, 3.8) is 0 Å². The minimum Gasteiger partial charge on any atom is -0.497 e. The summed E-state index contributed by atoms with van der Waals surface area (Å²) in [6.45, 7) is 0. The van der Waals surface area contributed by atoms with Crippen molar-refractivity contribution >= 4 is 51.0 Å². The second-order valence-corrected chi connectivity index (χ2v) is 9.81. The number of fused-ring (bicyclic) bond motifs is 5. The molecule has 0 unspecified atom stereocenters. The van der Waals surface area contributed by atoms with Gasteiger partial charge in [-0.1, -0.05) is 58.4 Å². The van der Waals surface area contributed by atoms with Gasteiger partial charge in [-0.05, 0) is 48.0 Å². The molecule has 174 valence electrons. The molecule has 3 aliphatic rings. The number of rotatable bonds is 4. The van der Waals surface area contributed by atoms with Crippen LogP contribution in [0.4, 0.5) is 11.4 Å². The molecule has 3 aromatic carbocycles. The lowest BCUT2D eigenvalue weighted by atomic mass is 9.86. The van der Waals surface area contributed by atoms with Crippen molar-refractivity contribution in [2.75, 3.05) is 16.9 Å². The van der Waals surface area contributed by atoms with Crippen molar-refractivity contribution in [1.82, 2.24) is 0 Å². The maximum atomic E-state index is 14.0. The number of methoxy groups -OCH3 is 1. The molecule has 2 fully saturated rings. The molecule has 4 atom stereocenters. The molecule has 0 aliphatic carbocycles. The fourth-order valence-electron chi connectivity index (χ4n) is 5.58. The van der Waals surface area contributed by atoms with Gasteiger partial charge in [-0.25, -0.2) is 4.90 Å². The van der Waals surface area contributed by atoms with Crippen molar-refractivity contribution in [3.8, 4) is 5.75 Å². The highest BCUT2D eigenvalue weighted by Gasteiger charge is 2.64. The van der Waals surface area contributed by atoms with Crippen molar-refractivity contribution < 1.29 is 19.1 Å². The van der Waals surface area contributed by atoms with E-state index in [-0.39, 0.29) is 23.6 Å². The van der Waals surface area contributed by atoms with Crippen molar-refractivity contribution in [2.24, 2.45) is 11.8 Å². The molecular formula is C28H21BrN2O4. The fourth-order valence-corrected chi connectivity index (χ4v) is 5.85. The number of anilines is 2. The Bertz CT molecular complexity index is 1380. The summed E-state index contributed by atoms with van der Waals surface area (Å²) < 4.78 is 6.08. The number of imide groups is 1. The minimum atomic E-state index is -0.794. The van der Waals surface area contributed by atoms with Crippen LogP contribution in [0.2, 0.25) is 0 Å². The van der Waals surface area contributed by atoms with Crippen LogP contribution in [0.5, 0.6) is 5.75 Å². The van der Waals surface area contributed by atoms with Gasteiger partial charge < -0.3 is 9.64 Å². The third-order valence-corrected chi connectivity index (χ3v) is 7.67. The van der Waals surface area contributed by atoms with Gasteiger partial charge >= 0.3 is 0 Å². The molecule has 2 amide bonds. The molecule has 3 heterocycles. The zero-order valence-electron chi connectivity index (χ0n) is 18.8. The van der Waals surface area contributed by atoms with Gasteiger partial charge in [0.1, 0.15) is 11.8 Å². The Hall–Kier alpha value is -3.71. The Labute approximate surface area is 210 Å². The van der Waals surface area contributed by atoms with Gasteiger partial charge in [-0.3, -0.25) is 14.4 Å². The fraction of sp³-hybridized carbons (Fsp3) is 0.179. The third-order valence-electron chi connectivity index (χ3n) is 7.14. The Balaban J connectivity index is 1.47. The molecule has 3 aliphatic heterocycles. The highest BCUT2D eigenvalue weighted by atomic mass is 79.9. The van der Waals surface area contributed by atoms with Gasteiger partial charge in [0.2, 0.25) is 11.8 Å². The average molecular weight is 529 g/mol. The van der Waals surface area contributed by atoms with Crippen molar-refractivity contribution in [3.05, 3.63) is 94.5 Å². The van der Waals surface area contributed by atoms with E-state index in [9.17, 15) is 14.4 Å². The molecule has 2 saturated heterocycles. The monoisotopic (exact) mass is 528 g/mol. The highest BCUT2D eigenvalue weighted by Crippen LogP contribution is 2.49. The van der Waals surface area contributed by atoms with Crippen LogP contribution in [0.15, 0.2) is 83.3 Å². The Kier molecular flexibility index (Phi) is 5.11. The lowest BCUT2D eigenvalue weighted by Crippen LogP contribution is -2.48. The first-order valence-corrected chi connectivity index (χ1v) is 12.2. The van der Waals surface area contributed by atoms with E-state index in [1.165, 1.54) is 4.90 Å². The van der Waals surface area contributed by atoms with Gasteiger partial charge in [0.25, 0.3) is 0 Å². The number of ether oxygens (including phenoxy) is 1. The molecule has 7 heteroatoms. The van der Waals surface area contributed by atoms with E-state index < -0.39 is 17.9 Å². The van der Waals surface area contributed by atoms with Crippen LogP contribution in [0.25, 0.3) is 6.08 Å². The summed E-state index contributed by atoms with van der Waals surface area (Å²) >= 11 is 3.42. The summed E-state index contributed by atoms with van der Waals surface area (Å²) in [4.78, 5) is 44.8. The SMILES string of the molecule is COc1ccc(N2C(=O)[C@@H]3[C@H](C2=O)[C@H](C(=O)c2ccc(Br)cc2)N2c4ccccc4C=C[C@@H]32)cc1. The number of hydrogen-bond donors (Lipinski definition) is 0. The van der Waals surface area contributed by atoms with E-state index in [4.69, 9.17) is 4.74 Å².